The van der Waals surface area contributed by atoms with Crippen LogP contribution in [0.2, 0.25) is 0 Å². The second-order valence-corrected chi connectivity index (χ2v) is 8.23. The Morgan fingerprint density at radius 1 is 0.952 bits per heavy atom. The maximum Gasteiger partial charge on any atom is 0.143 e. The largest absolute Gasteiger partial charge is 0.299 e. The minimum atomic E-state index is -0.200. The normalized spacial score (nSPS) is 49.2. The highest BCUT2D eigenvalue weighted by Crippen LogP contribution is 2.63. The smallest absolute Gasteiger partial charge is 0.143 e. The number of carbonyl (C=O) groups is 2. The van der Waals surface area contributed by atoms with E-state index in [1.807, 2.05) is 0 Å². The highest BCUT2D eigenvalue weighted by atomic mass is 16.1. The Hall–Kier alpha value is -0.920. The van der Waals surface area contributed by atoms with Gasteiger partial charge in [-0.2, -0.15) is 0 Å². The van der Waals surface area contributed by atoms with Crippen LogP contribution in [0.25, 0.3) is 0 Å². The van der Waals surface area contributed by atoms with Crippen LogP contribution in [0.4, 0.5) is 0 Å². The highest BCUT2D eigenvalue weighted by Gasteiger charge is 2.60. The van der Waals surface area contributed by atoms with Crippen molar-refractivity contribution >= 4 is 11.6 Å². The van der Waals surface area contributed by atoms with Crippen molar-refractivity contribution in [2.24, 2.45) is 28.6 Å². The summed E-state index contributed by atoms with van der Waals surface area (Å²) in [6.07, 6.45) is 10.2. The molecule has 5 atom stereocenters. The molecule has 0 aromatic carbocycles. The molecule has 0 saturated heterocycles. The molecule has 4 rings (SSSR count). The van der Waals surface area contributed by atoms with Gasteiger partial charge in [0.25, 0.3) is 0 Å². The maximum absolute atomic E-state index is 12.7. The second-order valence-electron chi connectivity index (χ2n) is 8.23. The van der Waals surface area contributed by atoms with E-state index in [-0.39, 0.29) is 10.8 Å². The van der Waals surface area contributed by atoms with Crippen LogP contribution in [-0.2, 0) is 9.59 Å². The molecular formula is C19H26O2. The zero-order chi connectivity index (χ0) is 14.8. The number of ketones is 2. The Labute approximate surface area is 127 Å². The molecule has 0 heterocycles. The first-order valence-electron chi connectivity index (χ1n) is 8.74. The molecule has 0 spiro atoms. The molecule has 0 radical (unpaired) electrons. The van der Waals surface area contributed by atoms with Crippen molar-refractivity contribution in [3.05, 3.63) is 11.6 Å². The van der Waals surface area contributed by atoms with Crippen LogP contribution in [-0.4, -0.2) is 11.6 Å². The summed E-state index contributed by atoms with van der Waals surface area (Å²) in [7, 11) is 0. The lowest BCUT2D eigenvalue weighted by atomic mass is 9.47. The number of hydrogen-bond donors (Lipinski definition) is 0. The molecule has 2 heteroatoms. The fraction of sp³-hybridized carbons (Fsp3) is 0.789. The Kier molecular flexibility index (Phi) is 2.81. The van der Waals surface area contributed by atoms with Crippen LogP contribution in [0.5, 0.6) is 0 Å². The molecule has 3 fully saturated rings. The summed E-state index contributed by atoms with van der Waals surface area (Å²) in [6.45, 7) is 4.43. The molecule has 21 heavy (non-hydrogen) atoms. The lowest BCUT2D eigenvalue weighted by Crippen LogP contribution is -2.53. The van der Waals surface area contributed by atoms with Crippen molar-refractivity contribution in [3.8, 4) is 0 Å². The molecule has 2 nitrogen and oxygen atoms in total. The summed E-state index contributed by atoms with van der Waals surface area (Å²) in [4.78, 5) is 25.1. The molecule has 0 N–H and O–H groups in total. The van der Waals surface area contributed by atoms with Gasteiger partial charge in [0.1, 0.15) is 11.6 Å². The third-order valence-electron chi connectivity index (χ3n) is 7.64. The van der Waals surface area contributed by atoms with Crippen molar-refractivity contribution in [1.82, 2.24) is 0 Å². The van der Waals surface area contributed by atoms with E-state index < -0.39 is 0 Å². The van der Waals surface area contributed by atoms with Crippen LogP contribution in [0.15, 0.2) is 11.6 Å². The molecular weight excluding hydrogens is 260 g/mol. The van der Waals surface area contributed by atoms with Gasteiger partial charge >= 0.3 is 0 Å². The Morgan fingerprint density at radius 3 is 2.57 bits per heavy atom. The van der Waals surface area contributed by atoms with Crippen LogP contribution >= 0.6 is 0 Å². The van der Waals surface area contributed by atoms with Crippen LogP contribution in [0.3, 0.4) is 0 Å². The van der Waals surface area contributed by atoms with Gasteiger partial charge in [-0.1, -0.05) is 18.6 Å². The lowest BCUT2D eigenvalue weighted by molar-refractivity contribution is -0.140. The van der Waals surface area contributed by atoms with Gasteiger partial charge in [-0.25, -0.2) is 0 Å². The van der Waals surface area contributed by atoms with Gasteiger partial charge in [-0.05, 0) is 63.2 Å². The third kappa shape index (κ3) is 1.59. The topological polar surface area (TPSA) is 34.1 Å². The summed E-state index contributed by atoms with van der Waals surface area (Å²) >= 11 is 0. The summed E-state index contributed by atoms with van der Waals surface area (Å²) in [5.74, 6) is 2.60. The van der Waals surface area contributed by atoms with Crippen molar-refractivity contribution in [3.63, 3.8) is 0 Å². The van der Waals surface area contributed by atoms with E-state index in [1.165, 1.54) is 12.0 Å². The lowest BCUT2D eigenvalue weighted by Gasteiger charge is -2.56. The van der Waals surface area contributed by atoms with Crippen molar-refractivity contribution < 1.29 is 9.59 Å². The minimum Gasteiger partial charge on any atom is -0.299 e. The molecule has 0 aliphatic heterocycles. The number of hydrogen-bond acceptors (Lipinski definition) is 2. The van der Waals surface area contributed by atoms with Gasteiger partial charge in [-0.3, -0.25) is 9.59 Å². The number of rotatable bonds is 0. The molecule has 0 aromatic heterocycles. The summed E-state index contributed by atoms with van der Waals surface area (Å²) in [5.41, 5.74) is 1.15. The Balaban J connectivity index is 1.74. The van der Waals surface area contributed by atoms with E-state index in [1.54, 1.807) is 0 Å². The molecule has 0 aromatic rings. The van der Waals surface area contributed by atoms with Gasteiger partial charge < -0.3 is 0 Å². The van der Waals surface area contributed by atoms with Crippen LogP contribution in [0, 0.1) is 28.6 Å². The van der Waals surface area contributed by atoms with E-state index >= 15 is 0 Å². The summed E-state index contributed by atoms with van der Waals surface area (Å²) in [5, 5.41) is 0. The van der Waals surface area contributed by atoms with E-state index in [2.05, 4.69) is 19.9 Å². The monoisotopic (exact) mass is 286 g/mol. The molecule has 4 aliphatic rings. The van der Waals surface area contributed by atoms with Crippen molar-refractivity contribution in [2.45, 2.75) is 65.2 Å². The van der Waals surface area contributed by atoms with E-state index in [0.29, 0.717) is 29.3 Å². The van der Waals surface area contributed by atoms with E-state index in [0.717, 1.165) is 44.9 Å². The maximum atomic E-state index is 12.7. The SMILES string of the molecule is C[C@]12C(=O)CCC=C1CC[C@@H]1[C@@H]2CC[C@]2(C)C(=O)CC[C@@H]12. The molecule has 4 aliphatic carbocycles. The van der Waals surface area contributed by atoms with Crippen LogP contribution in [0.1, 0.15) is 65.2 Å². The van der Waals surface area contributed by atoms with Gasteiger partial charge in [0.2, 0.25) is 0 Å². The third-order valence-corrected chi connectivity index (χ3v) is 7.64. The van der Waals surface area contributed by atoms with Gasteiger partial charge in [0.05, 0.1) is 5.41 Å². The number of Topliss-reactive ketones (excluding diaryl/α,β-unsaturated/α-hetero) is 2. The Bertz CT molecular complexity index is 546. The number of allylic oxidation sites excluding steroid dienone is 2. The standard InChI is InChI=1S/C19H26O2/c1-18-11-10-15-13(14(18)8-9-16(18)20)7-6-12-4-3-5-17(21)19(12,15)2/h4,13-15H,3,5-11H2,1-2H3/t13-,14-,15-,18-,19-/m0/s1. The van der Waals surface area contributed by atoms with Crippen molar-refractivity contribution in [2.75, 3.05) is 0 Å². The number of fused-ring (bicyclic) bond motifs is 5. The molecule has 0 bridgehead atoms. The van der Waals surface area contributed by atoms with Crippen LogP contribution < -0.4 is 0 Å². The molecule has 0 amide bonds. The average Bonchev–Trinajstić information content (AvgIpc) is 2.76. The predicted octanol–water partition coefficient (Wildman–Crippen LogP) is 4.09. The summed E-state index contributed by atoms with van der Waals surface area (Å²) < 4.78 is 0. The van der Waals surface area contributed by atoms with E-state index in [4.69, 9.17) is 0 Å². The zero-order valence-corrected chi connectivity index (χ0v) is 13.3. The van der Waals surface area contributed by atoms with Gasteiger partial charge in [0, 0.05) is 18.3 Å². The Morgan fingerprint density at radius 2 is 1.76 bits per heavy atom. The number of carbonyl (C=O) groups excluding carboxylic acids is 2. The highest BCUT2D eigenvalue weighted by molar-refractivity contribution is 5.90. The first-order chi connectivity index (χ1) is 9.98. The van der Waals surface area contributed by atoms with Gasteiger partial charge in [0.15, 0.2) is 0 Å². The summed E-state index contributed by atoms with van der Waals surface area (Å²) in [6, 6.07) is 0. The predicted molar refractivity (Wildman–Crippen MR) is 81.7 cm³/mol. The average molecular weight is 286 g/mol. The quantitative estimate of drug-likeness (QED) is 0.629. The van der Waals surface area contributed by atoms with Gasteiger partial charge in [-0.15, -0.1) is 0 Å². The fourth-order valence-electron chi connectivity index (χ4n) is 6.33. The minimum absolute atomic E-state index is 0.0730. The van der Waals surface area contributed by atoms with Crippen molar-refractivity contribution in [1.29, 1.82) is 0 Å². The van der Waals surface area contributed by atoms with E-state index in [9.17, 15) is 9.59 Å². The molecule has 0 unspecified atom stereocenters. The first-order valence-corrected chi connectivity index (χ1v) is 8.74. The second kappa shape index (κ2) is 4.30. The molecule has 114 valence electrons. The fourth-order valence-corrected chi connectivity index (χ4v) is 6.33. The first kappa shape index (κ1) is 13.7. The molecule has 3 saturated carbocycles. The zero-order valence-electron chi connectivity index (χ0n) is 13.3.